The van der Waals surface area contributed by atoms with E-state index in [9.17, 15) is 0 Å². The number of aromatic nitrogens is 2. The van der Waals surface area contributed by atoms with E-state index in [0.717, 1.165) is 44.6 Å². The van der Waals surface area contributed by atoms with E-state index in [4.69, 9.17) is 0 Å². The maximum absolute atomic E-state index is 4.59. The smallest absolute Gasteiger partial charge is 0.225 e. The Morgan fingerprint density at radius 1 is 1.03 bits per heavy atom. The van der Waals surface area contributed by atoms with Crippen LogP contribution in [0, 0.1) is 0 Å². The van der Waals surface area contributed by atoms with Crippen molar-refractivity contribution in [2.24, 2.45) is 4.99 Å². The first-order valence-electron chi connectivity index (χ1n) is 11.5. The van der Waals surface area contributed by atoms with Crippen LogP contribution in [0.25, 0.3) is 0 Å². The van der Waals surface area contributed by atoms with Crippen LogP contribution >= 0.6 is 0 Å². The topological polar surface area (TPSA) is 68.7 Å². The number of guanidine groups is 1. The van der Waals surface area contributed by atoms with Crippen molar-refractivity contribution in [3.63, 3.8) is 0 Å². The molecule has 7 nitrogen and oxygen atoms in total. The molecule has 2 N–H and O–H groups in total. The standard InChI is InChI=1S/C24H35N7/c1-20(21-9-4-3-5-10-21)29-24(11-6-7-12-24)19-28-22(25-2)30-15-17-31(18-16-30)23-26-13-8-14-27-23/h3-5,8-10,13-14,20,29H,6-7,11-12,15-19H2,1-2H3,(H,25,28). The van der Waals surface area contributed by atoms with Gasteiger partial charge in [0.05, 0.1) is 0 Å². The third-order valence-electron chi connectivity index (χ3n) is 6.59. The lowest BCUT2D eigenvalue weighted by molar-refractivity contribution is 0.289. The molecule has 1 aromatic carbocycles. The SMILES string of the molecule is CN=C(NCC1(NC(C)c2ccccc2)CCCC1)N1CCN(c2ncccn2)CC1. The average Bonchev–Trinajstić information content (AvgIpc) is 3.29. The van der Waals surface area contributed by atoms with Gasteiger partial charge in [0, 0.05) is 63.7 Å². The van der Waals surface area contributed by atoms with E-state index in [-0.39, 0.29) is 5.54 Å². The number of benzene rings is 1. The number of hydrogen-bond donors (Lipinski definition) is 2. The normalized spacial score (nSPS) is 20.0. The minimum absolute atomic E-state index is 0.116. The van der Waals surface area contributed by atoms with Crippen LogP contribution in [-0.4, -0.2) is 66.1 Å². The van der Waals surface area contributed by atoms with Gasteiger partial charge in [0.15, 0.2) is 5.96 Å². The van der Waals surface area contributed by atoms with E-state index in [0.29, 0.717) is 6.04 Å². The molecule has 0 amide bonds. The molecule has 1 aliphatic carbocycles. The maximum Gasteiger partial charge on any atom is 0.225 e. The first-order chi connectivity index (χ1) is 15.2. The molecule has 2 aliphatic rings. The van der Waals surface area contributed by atoms with Crippen molar-refractivity contribution in [1.29, 1.82) is 0 Å². The van der Waals surface area contributed by atoms with Gasteiger partial charge in [0.2, 0.25) is 5.95 Å². The largest absolute Gasteiger partial charge is 0.354 e. The zero-order valence-electron chi connectivity index (χ0n) is 18.8. The summed E-state index contributed by atoms with van der Waals surface area (Å²) in [6.07, 6.45) is 8.58. The number of rotatable bonds is 6. The Kier molecular flexibility index (Phi) is 7.02. The summed E-state index contributed by atoms with van der Waals surface area (Å²) in [6.45, 7) is 6.81. The molecule has 1 saturated carbocycles. The summed E-state index contributed by atoms with van der Waals surface area (Å²) in [6, 6.07) is 12.9. The Bertz CT molecular complexity index is 826. The van der Waals surface area contributed by atoms with Crippen molar-refractivity contribution in [1.82, 2.24) is 25.5 Å². The van der Waals surface area contributed by atoms with Gasteiger partial charge in [0.1, 0.15) is 0 Å². The summed E-state index contributed by atoms with van der Waals surface area (Å²) >= 11 is 0. The zero-order chi connectivity index (χ0) is 21.5. The minimum Gasteiger partial charge on any atom is -0.354 e. The van der Waals surface area contributed by atoms with Gasteiger partial charge in [0.25, 0.3) is 0 Å². The van der Waals surface area contributed by atoms with Crippen molar-refractivity contribution in [2.75, 3.05) is 44.7 Å². The zero-order valence-corrected chi connectivity index (χ0v) is 18.8. The Morgan fingerprint density at radius 2 is 1.71 bits per heavy atom. The van der Waals surface area contributed by atoms with Gasteiger partial charge < -0.3 is 20.4 Å². The van der Waals surface area contributed by atoms with Crippen LogP contribution in [0.4, 0.5) is 5.95 Å². The number of nitrogens with one attached hydrogen (secondary N) is 2. The third kappa shape index (κ3) is 5.34. The van der Waals surface area contributed by atoms with Gasteiger partial charge in [-0.15, -0.1) is 0 Å². The number of anilines is 1. The molecule has 31 heavy (non-hydrogen) atoms. The van der Waals surface area contributed by atoms with Gasteiger partial charge in [-0.3, -0.25) is 4.99 Å². The minimum atomic E-state index is 0.116. The molecule has 0 bridgehead atoms. The molecular weight excluding hydrogens is 386 g/mol. The highest BCUT2D eigenvalue weighted by molar-refractivity contribution is 5.80. The van der Waals surface area contributed by atoms with Crippen LogP contribution in [-0.2, 0) is 0 Å². The fourth-order valence-corrected chi connectivity index (χ4v) is 4.86. The third-order valence-corrected chi connectivity index (χ3v) is 6.59. The Hall–Kier alpha value is -2.67. The highest BCUT2D eigenvalue weighted by atomic mass is 15.4. The first kappa shape index (κ1) is 21.6. The predicted molar refractivity (Wildman–Crippen MR) is 126 cm³/mol. The van der Waals surface area contributed by atoms with Gasteiger partial charge in [-0.2, -0.15) is 0 Å². The molecule has 1 atom stereocenters. The van der Waals surface area contributed by atoms with E-state index in [1.54, 1.807) is 12.4 Å². The lowest BCUT2D eigenvalue weighted by Gasteiger charge is -2.39. The molecule has 2 aromatic rings. The van der Waals surface area contributed by atoms with E-state index >= 15 is 0 Å². The molecule has 7 heteroatoms. The fraction of sp³-hybridized carbons (Fsp3) is 0.542. The summed E-state index contributed by atoms with van der Waals surface area (Å²) in [5.41, 5.74) is 1.46. The summed E-state index contributed by atoms with van der Waals surface area (Å²) < 4.78 is 0. The molecule has 1 unspecified atom stereocenters. The lowest BCUT2D eigenvalue weighted by Crippen LogP contribution is -2.57. The summed E-state index contributed by atoms with van der Waals surface area (Å²) in [7, 11) is 1.89. The quantitative estimate of drug-likeness (QED) is 0.552. The number of aliphatic imine (C=N–C) groups is 1. The maximum atomic E-state index is 4.59. The van der Waals surface area contributed by atoms with E-state index in [1.165, 1.54) is 31.2 Å². The van der Waals surface area contributed by atoms with Crippen LogP contribution in [0.1, 0.15) is 44.2 Å². The molecule has 2 fully saturated rings. The van der Waals surface area contributed by atoms with Crippen LogP contribution < -0.4 is 15.5 Å². The monoisotopic (exact) mass is 421 g/mol. The van der Waals surface area contributed by atoms with Crippen molar-refractivity contribution in [2.45, 2.75) is 44.2 Å². The van der Waals surface area contributed by atoms with Gasteiger partial charge in [-0.05, 0) is 31.4 Å². The molecular formula is C24H35N7. The predicted octanol–water partition coefficient (Wildman–Crippen LogP) is 2.84. The molecule has 0 spiro atoms. The van der Waals surface area contributed by atoms with Crippen molar-refractivity contribution in [3.8, 4) is 0 Å². The number of nitrogens with zero attached hydrogens (tertiary/aromatic N) is 5. The van der Waals surface area contributed by atoms with E-state index < -0.39 is 0 Å². The lowest BCUT2D eigenvalue weighted by atomic mass is 9.94. The molecule has 2 heterocycles. The number of piperazine rings is 1. The van der Waals surface area contributed by atoms with Crippen molar-refractivity contribution >= 4 is 11.9 Å². The Balaban J connectivity index is 1.33. The second kappa shape index (κ2) is 10.1. The van der Waals surface area contributed by atoms with Gasteiger partial charge >= 0.3 is 0 Å². The summed E-state index contributed by atoms with van der Waals surface area (Å²) in [5.74, 6) is 1.81. The highest BCUT2D eigenvalue weighted by Gasteiger charge is 2.35. The van der Waals surface area contributed by atoms with Gasteiger partial charge in [-0.25, -0.2) is 9.97 Å². The molecule has 0 radical (unpaired) electrons. The van der Waals surface area contributed by atoms with Gasteiger partial charge in [-0.1, -0.05) is 43.2 Å². The van der Waals surface area contributed by atoms with Crippen LogP contribution in [0.5, 0.6) is 0 Å². The molecule has 4 rings (SSSR count). The van der Waals surface area contributed by atoms with E-state index in [1.807, 2.05) is 13.1 Å². The highest BCUT2D eigenvalue weighted by Crippen LogP contribution is 2.32. The molecule has 166 valence electrons. The molecule has 1 aliphatic heterocycles. The van der Waals surface area contributed by atoms with Crippen molar-refractivity contribution in [3.05, 3.63) is 54.4 Å². The Morgan fingerprint density at radius 3 is 2.35 bits per heavy atom. The summed E-state index contributed by atoms with van der Waals surface area (Å²) in [4.78, 5) is 18.0. The second-order valence-corrected chi connectivity index (χ2v) is 8.69. The fourth-order valence-electron chi connectivity index (χ4n) is 4.86. The Labute approximate surface area is 186 Å². The average molecular weight is 422 g/mol. The van der Waals surface area contributed by atoms with E-state index in [2.05, 4.69) is 72.6 Å². The second-order valence-electron chi connectivity index (χ2n) is 8.69. The van der Waals surface area contributed by atoms with Crippen LogP contribution in [0.15, 0.2) is 53.8 Å². The van der Waals surface area contributed by atoms with Crippen molar-refractivity contribution < 1.29 is 0 Å². The first-order valence-corrected chi connectivity index (χ1v) is 11.5. The van der Waals surface area contributed by atoms with Crippen LogP contribution in [0.3, 0.4) is 0 Å². The summed E-state index contributed by atoms with van der Waals surface area (Å²) in [5, 5.41) is 7.66. The molecule has 1 saturated heterocycles. The van der Waals surface area contributed by atoms with Crippen LogP contribution in [0.2, 0.25) is 0 Å². The molecule has 1 aromatic heterocycles. The number of hydrogen-bond acceptors (Lipinski definition) is 5.